The van der Waals surface area contributed by atoms with E-state index >= 15 is 0 Å². The molecule has 24 heavy (non-hydrogen) atoms. The standard InChI is InChI=1S/C17H16N2O4S/c1-2-22-15(20)12-8-10-13(11-9-12)18-16(24)19-17(21)23-14-6-4-3-5-7-14/h3-11H,2H2,1H3,(H2,18,19,21,24). The third kappa shape index (κ3) is 5.36. The lowest BCUT2D eigenvalue weighted by molar-refractivity contribution is 0.0526. The van der Waals surface area contributed by atoms with Crippen LogP contribution in [0.15, 0.2) is 54.6 Å². The fourth-order valence-electron chi connectivity index (χ4n) is 1.78. The average molecular weight is 344 g/mol. The van der Waals surface area contributed by atoms with Crippen LogP contribution in [0.3, 0.4) is 0 Å². The Morgan fingerprint density at radius 1 is 1.04 bits per heavy atom. The molecule has 0 bridgehead atoms. The van der Waals surface area contributed by atoms with Crippen LogP contribution < -0.4 is 15.4 Å². The molecule has 2 aromatic rings. The van der Waals surface area contributed by atoms with E-state index in [-0.39, 0.29) is 5.11 Å². The van der Waals surface area contributed by atoms with Gasteiger partial charge in [0.2, 0.25) is 0 Å². The molecule has 2 N–H and O–H groups in total. The number of hydrogen-bond donors (Lipinski definition) is 2. The van der Waals surface area contributed by atoms with Crippen molar-refractivity contribution in [2.24, 2.45) is 0 Å². The number of nitrogens with one attached hydrogen (secondary N) is 2. The number of esters is 1. The van der Waals surface area contributed by atoms with Crippen LogP contribution in [-0.4, -0.2) is 23.8 Å². The van der Waals surface area contributed by atoms with Gasteiger partial charge >= 0.3 is 12.1 Å². The van der Waals surface area contributed by atoms with Crippen molar-refractivity contribution in [3.05, 3.63) is 60.2 Å². The van der Waals surface area contributed by atoms with E-state index in [1.807, 2.05) is 6.07 Å². The number of carbonyl (C=O) groups is 2. The molecule has 124 valence electrons. The minimum atomic E-state index is -0.693. The lowest BCUT2D eigenvalue weighted by atomic mass is 10.2. The van der Waals surface area contributed by atoms with Gasteiger partial charge in [-0.1, -0.05) is 18.2 Å². The lowest BCUT2D eigenvalue weighted by Crippen LogP contribution is -2.36. The van der Waals surface area contributed by atoms with Gasteiger partial charge in [0, 0.05) is 5.69 Å². The number of rotatable bonds is 4. The first-order valence-corrected chi connectivity index (χ1v) is 7.61. The maximum Gasteiger partial charge on any atom is 0.418 e. The SMILES string of the molecule is CCOC(=O)c1ccc(NC(=S)NC(=O)Oc2ccccc2)cc1. The van der Waals surface area contributed by atoms with Gasteiger partial charge in [-0.3, -0.25) is 5.32 Å². The molecule has 0 spiro atoms. The molecular weight excluding hydrogens is 328 g/mol. The van der Waals surface area contributed by atoms with Gasteiger partial charge in [0.15, 0.2) is 5.11 Å². The van der Waals surface area contributed by atoms with Crippen LogP contribution in [0.5, 0.6) is 5.75 Å². The fourth-order valence-corrected chi connectivity index (χ4v) is 1.98. The Bertz CT molecular complexity index is 717. The number of thiocarbonyl (C=S) groups is 1. The summed E-state index contributed by atoms with van der Waals surface area (Å²) in [6, 6.07) is 15.2. The van der Waals surface area contributed by atoms with Crippen LogP contribution in [0, 0.1) is 0 Å². The number of hydrogen-bond acceptors (Lipinski definition) is 5. The Balaban J connectivity index is 1.85. The monoisotopic (exact) mass is 344 g/mol. The molecule has 1 amide bonds. The number of amides is 1. The quantitative estimate of drug-likeness (QED) is 0.654. The van der Waals surface area contributed by atoms with Crippen LogP contribution in [0.25, 0.3) is 0 Å². The molecule has 0 saturated carbocycles. The zero-order valence-electron chi connectivity index (χ0n) is 12.9. The summed E-state index contributed by atoms with van der Waals surface area (Å²) >= 11 is 5.04. The molecule has 0 aliphatic rings. The molecule has 0 saturated heterocycles. The van der Waals surface area contributed by atoms with Crippen LogP contribution in [0.2, 0.25) is 0 Å². The normalized spacial score (nSPS) is 9.71. The zero-order valence-corrected chi connectivity index (χ0v) is 13.8. The van der Waals surface area contributed by atoms with Gasteiger partial charge in [-0.2, -0.15) is 0 Å². The van der Waals surface area contributed by atoms with E-state index in [0.717, 1.165) is 0 Å². The zero-order chi connectivity index (χ0) is 17.4. The second-order valence-electron chi connectivity index (χ2n) is 4.58. The maximum atomic E-state index is 11.7. The summed E-state index contributed by atoms with van der Waals surface area (Å²) in [7, 11) is 0. The summed E-state index contributed by atoms with van der Waals surface area (Å²) in [6.45, 7) is 2.06. The molecule has 2 rings (SSSR count). The van der Waals surface area contributed by atoms with Gasteiger partial charge < -0.3 is 14.8 Å². The van der Waals surface area contributed by atoms with Crippen molar-refractivity contribution in [1.82, 2.24) is 5.32 Å². The highest BCUT2D eigenvalue weighted by Gasteiger charge is 2.09. The number of para-hydroxylation sites is 1. The van der Waals surface area contributed by atoms with Gasteiger partial charge in [-0.15, -0.1) is 0 Å². The molecule has 7 heteroatoms. The van der Waals surface area contributed by atoms with Crippen LogP contribution in [0.1, 0.15) is 17.3 Å². The summed E-state index contributed by atoms with van der Waals surface area (Å²) in [5, 5.41) is 5.31. The number of benzene rings is 2. The Morgan fingerprint density at radius 2 is 1.71 bits per heavy atom. The molecule has 0 fully saturated rings. The molecule has 0 unspecified atom stereocenters. The fraction of sp³-hybridized carbons (Fsp3) is 0.118. The Hall–Kier alpha value is -2.93. The first-order valence-electron chi connectivity index (χ1n) is 7.20. The van der Waals surface area contributed by atoms with E-state index < -0.39 is 12.1 Å². The summed E-state index contributed by atoms with van der Waals surface area (Å²) in [5.41, 5.74) is 1.05. The Kier molecular flexibility index (Phi) is 6.27. The smallest absolute Gasteiger partial charge is 0.418 e. The van der Waals surface area contributed by atoms with Gasteiger partial charge in [0.1, 0.15) is 5.75 Å². The Labute approximate surface area is 144 Å². The highest BCUT2D eigenvalue weighted by molar-refractivity contribution is 7.80. The number of carbonyl (C=O) groups excluding carboxylic acids is 2. The van der Waals surface area contributed by atoms with Crippen LogP contribution >= 0.6 is 12.2 Å². The summed E-state index contributed by atoms with van der Waals surface area (Å²) < 4.78 is 9.96. The van der Waals surface area contributed by atoms with Gasteiger partial charge in [-0.25, -0.2) is 9.59 Å². The molecule has 0 radical (unpaired) electrons. The predicted octanol–water partition coefficient (Wildman–Crippen LogP) is 3.35. The lowest BCUT2D eigenvalue weighted by Gasteiger charge is -2.10. The summed E-state index contributed by atoms with van der Waals surface area (Å²) in [6.07, 6.45) is -0.693. The molecule has 0 atom stereocenters. The van der Waals surface area contributed by atoms with Gasteiger partial charge in [0.05, 0.1) is 12.2 Å². The molecule has 0 aliphatic heterocycles. The maximum absolute atomic E-state index is 11.7. The topological polar surface area (TPSA) is 76.7 Å². The highest BCUT2D eigenvalue weighted by Crippen LogP contribution is 2.11. The van der Waals surface area contributed by atoms with Crippen molar-refractivity contribution in [3.63, 3.8) is 0 Å². The van der Waals surface area contributed by atoms with E-state index in [9.17, 15) is 9.59 Å². The number of ether oxygens (including phenoxy) is 2. The largest absolute Gasteiger partial charge is 0.462 e. The first-order chi connectivity index (χ1) is 11.6. The Morgan fingerprint density at radius 3 is 2.33 bits per heavy atom. The van der Waals surface area contributed by atoms with Crippen molar-refractivity contribution in [2.75, 3.05) is 11.9 Å². The van der Waals surface area contributed by atoms with Crippen LogP contribution in [-0.2, 0) is 4.74 Å². The third-order valence-electron chi connectivity index (χ3n) is 2.82. The first kappa shape index (κ1) is 17.4. The molecule has 2 aromatic carbocycles. The van der Waals surface area contributed by atoms with Gasteiger partial charge in [-0.05, 0) is 55.5 Å². The van der Waals surface area contributed by atoms with Crippen molar-refractivity contribution in [1.29, 1.82) is 0 Å². The third-order valence-corrected chi connectivity index (χ3v) is 3.03. The van der Waals surface area contributed by atoms with Crippen LogP contribution in [0.4, 0.5) is 10.5 Å². The van der Waals surface area contributed by atoms with E-state index in [0.29, 0.717) is 23.6 Å². The second-order valence-corrected chi connectivity index (χ2v) is 4.99. The van der Waals surface area contributed by atoms with E-state index in [1.165, 1.54) is 0 Å². The van der Waals surface area contributed by atoms with Crippen molar-refractivity contribution in [3.8, 4) is 5.75 Å². The van der Waals surface area contributed by atoms with E-state index in [2.05, 4.69) is 10.6 Å². The van der Waals surface area contributed by atoms with Crippen molar-refractivity contribution < 1.29 is 19.1 Å². The van der Waals surface area contributed by atoms with Crippen molar-refractivity contribution in [2.45, 2.75) is 6.92 Å². The average Bonchev–Trinajstić information content (AvgIpc) is 2.56. The van der Waals surface area contributed by atoms with E-state index in [1.54, 1.807) is 55.5 Å². The number of anilines is 1. The molecular formula is C17H16N2O4S. The summed E-state index contributed by atoms with van der Waals surface area (Å²) in [4.78, 5) is 23.3. The second kappa shape index (κ2) is 8.64. The molecule has 6 nitrogen and oxygen atoms in total. The molecule has 0 aromatic heterocycles. The van der Waals surface area contributed by atoms with E-state index in [4.69, 9.17) is 21.7 Å². The van der Waals surface area contributed by atoms with Gasteiger partial charge in [0.25, 0.3) is 0 Å². The molecule has 0 aliphatic carbocycles. The summed E-state index contributed by atoms with van der Waals surface area (Å²) in [5.74, 6) is 0.0211. The minimum absolute atomic E-state index is 0.0832. The molecule has 0 heterocycles. The van der Waals surface area contributed by atoms with Crippen molar-refractivity contribution >= 4 is 35.1 Å². The predicted molar refractivity (Wildman–Crippen MR) is 94.2 cm³/mol. The minimum Gasteiger partial charge on any atom is -0.462 e. The highest BCUT2D eigenvalue weighted by atomic mass is 32.1.